The third-order valence-electron chi connectivity index (χ3n) is 4.40. The Bertz CT molecular complexity index is 944. The van der Waals surface area contributed by atoms with E-state index in [1.54, 1.807) is 41.6 Å². The van der Waals surface area contributed by atoms with Crippen molar-refractivity contribution in [2.45, 2.75) is 0 Å². The average molecular weight is 379 g/mol. The van der Waals surface area contributed by atoms with Crippen molar-refractivity contribution in [1.82, 2.24) is 24.8 Å². The van der Waals surface area contributed by atoms with E-state index in [0.717, 1.165) is 0 Å². The Morgan fingerprint density at radius 3 is 2.39 bits per heavy atom. The third-order valence-corrected chi connectivity index (χ3v) is 4.40. The molecule has 2 aromatic heterocycles. The number of carbonyl (C=O) groups excluding carboxylic acids is 1. The molecule has 8 nitrogen and oxygen atoms in total. The molecular weight excluding hydrogens is 361 g/mol. The Labute approximate surface area is 161 Å². The molecule has 1 aliphatic heterocycles. The molecule has 0 aliphatic carbocycles. The monoisotopic (exact) mass is 379 g/mol. The highest BCUT2D eigenvalue weighted by Crippen LogP contribution is 2.17. The molecule has 3 heterocycles. The molecule has 28 heavy (non-hydrogen) atoms. The first-order valence-corrected chi connectivity index (χ1v) is 8.85. The molecular formula is C19H18FN7O. The number of piperazine rings is 1. The van der Waals surface area contributed by atoms with Crippen molar-refractivity contribution in [3.63, 3.8) is 0 Å². The minimum absolute atomic E-state index is 0.154. The molecule has 1 aliphatic rings. The lowest BCUT2D eigenvalue weighted by atomic mass is 10.2. The predicted molar refractivity (Wildman–Crippen MR) is 102 cm³/mol. The average Bonchev–Trinajstić information content (AvgIpc) is 2.76. The molecule has 0 unspecified atom stereocenters. The van der Waals surface area contributed by atoms with Crippen LogP contribution in [0.5, 0.6) is 0 Å². The molecule has 0 saturated carbocycles. The zero-order valence-corrected chi connectivity index (χ0v) is 15.0. The van der Waals surface area contributed by atoms with E-state index in [0.29, 0.717) is 49.3 Å². The number of rotatable bonds is 4. The van der Waals surface area contributed by atoms with Gasteiger partial charge in [0.05, 0.1) is 0 Å². The zero-order valence-electron chi connectivity index (χ0n) is 15.0. The molecule has 1 aromatic carbocycles. The van der Waals surface area contributed by atoms with Gasteiger partial charge in [-0.15, -0.1) is 0 Å². The van der Waals surface area contributed by atoms with Gasteiger partial charge in [0.25, 0.3) is 5.91 Å². The van der Waals surface area contributed by atoms with E-state index in [1.807, 2.05) is 4.90 Å². The number of aromatic nitrogens is 4. The maximum atomic E-state index is 13.0. The van der Waals surface area contributed by atoms with Crippen LogP contribution in [0.2, 0.25) is 0 Å². The van der Waals surface area contributed by atoms with Gasteiger partial charge in [-0.25, -0.2) is 24.3 Å². The van der Waals surface area contributed by atoms with E-state index in [9.17, 15) is 9.18 Å². The summed E-state index contributed by atoms with van der Waals surface area (Å²) in [5, 5.41) is 3.04. The van der Waals surface area contributed by atoms with E-state index < -0.39 is 0 Å². The van der Waals surface area contributed by atoms with Gasteiger partial charge in [0.15, 0.2) is 0 Å². The standard InChI is InChI=1S/C19H18FN7O/c20-14-2-4-15(5-3-14)25-17-12-16(23-13-24-17)18(28)26-8-10-27(11-9-26)19-21-6-1-7-22-19/h1-7,12-13H,8-11H2,(H,23,24,25). The Morgan fingerprint density at radius 2 is 1.68 bits per heavy atom. The predicted octanol–water partition coefficient (Wildman–Crippen LogP) is 2.11. The summed E-state index contributed by atoms with van der Waals surface area (Å²) in [6.45, 7) is 2.42. The summed E-state index contributed by atoms with van der Waals surface area (Å²) in [5.41, 5.74) is 0.985. The van der Waals surface area contributed by atoms with Gasteiger partial charge >= 0.3 is 0 Å². The molecule has 142 valence electrons. The maximum absolute atomic E-state index is 13.0. The van der Waals surface area contributed by atoms with Gasteiger partial charge in [0.2, 0.25) is 5.95 Å². The lowest BCUT2D eigenvalue weighted by molar-refractivity contribution is 0.0740. The minimum atomic E-state index is -0.316. The highest BCUT2D eigenvalue weighted by molar-refractivity contribution is 5.93. The minimum Gasteiger partial charge on any atom is -0.340 e. The number of anilines is 3. The third kappa shape index (κ3) is 4.03. The van der Waals surface area contributed by atoms with Crippen LogP contribution in [0.25, 0.3) is 0 Å². The van der Waals surface area contributed by atoms with Gasteiger partial charge in [-0.1, -0.05) is 0 Å². The van der Waals surface area contributed by atoms with Gasteiger partial charge in [0, 0.05) is 50.3 Å². The van der Waals surface area contributed by atoms with Crippen LogP contribution in [0, 0.1) is 5.82 Å². The first-order chi connectivity index (χ1) is 13.7. The van der Waals surface area contributed by atoms with Crippen molar-refractivity contribution in [2.24, 2.45) is 0 Å². The number of amides is 1. The summed E-state index contributed by atoms with van der Waals surface area (Å²) >= 11 is 0. The number of halogens is 1. The smallest absolute Gasteiger partial charge is 0.272 e. The van der Waals surface area contributed by atoms with Crippen LogP contribution in [-0.2, 0) is 0 Å². The second kappa shape index (κ2) is 7.95. The maximum Gasteiger partial charge on any atom is 0.272 e. The van der Waals surface area contributed by atoms with Crippen molar-refractivity contribution in [3.8, 4) is 0 Å². The molecule has 3 aromatic rings. The first-order valence-electron chi connectivity index (χ1n) is 8.85. The summed E-state index contributed by atoms with van der Waals surface area (Å²) in [5.74, 6) is 0.672. The van der Waals surface area contributed by atoms with Crippen LogP contribution in [0.4, 0.5) is 21.8 Å². The zero-order chi connectivity index (χ0) is 19.3. The fraction of sp³-hybridized carbons (Fsp3) is 0.211. The number of nitrogens with zero attached hydrogens (tertiary/aromatic N) is 6. The van der Waals surface area contributed by atoms with Gasteiger partial charge in [-0.05, 0) is 30.3 Å². The Balaban J connectivity index is 1.40. The fourth-order valence-electron chi connectivity index (χ4n) is 2.95. The summed E-state index contributed by atoms with van der Waals surface area (Å²) in [6.07, 6.45) is 4.75. The van der Waals surface area contributed by atoms with Crippen LogP contribution < -0.4 is 10.2 Å². The molecule has 0 radical (unpaired) electrons. The van der Waals surface area contributed by atoms with Gasteiger partial charge in [-0.2, -0.15) is 0 Å². The van der Waals surface area contributed by atoms with E-state index in [2.05, 4.69) is 25.3 Å². The van der Waals surface area contributed by atoms with Crippen LogP contribution in [0.1, 0.15) is 10.5 Å². The lowest BCUT2D eigenvalue weighted by Crippen LogP contribution is -2.49. The van der Waals surface area contributed by atoms with Crippen molar-refractivity contribution in [2.75, 3.05) is 36.4 Å². The number of benzene rings is 1. The second-order valence-electron chi connectivity index (χ2n) is 6.25. The SMILES string of the molecule is O=C(c1cc(Nc2ccc(F)cc2)ncn1)N1CCN(c2ncccn2)CC1. The number of nitrogens with one attached hydrogen (secondary N) is 1. The summed E-state index contributed by atoms with van der Waals surface area (Å²) in [4.78, 5) is 33.3. The first kappa shape index (κ1) is 17.8. The number of hydrogen-bond acceptors (Lipinski definition) is 7. The lowest BCUT2D eigenvalue weighted by Gasteiger charge is -2.34. The normalized spacial score (nSPS) is 14.0. The molecule has 0 spiro atoms. The Morgan fingerprint density at radius 1 is 0.964 bits per heavy atom. The molecule has 1 saturated heterocycles. The highest BCUT2D eigenvalue weighted by atomic mass is 19.1. The second-order valence-corrected chi connectivity index (χ2v) is 6.25. The largest absolute Gasteiger partial charge is 0.340 e. The van der Waals surface area contributed by atoms with Gasteiger partial charge in [0.1, 0.15) is 23.7 Å². The van der Waals surface area contributed by atoms with Crippen molar-refractivity contribution >= 4 is 23.4 Å². The van der Waals surface area contributed by atoms with E-state index in [1.165, 1.54) is 18.5 Å². The number of hydrogen-bond donors (Lipinski definition) is 1. The summed E-state index contributed by atoms with van der Waals surface area (Å²) in [7, 11) is 0. The molecule has 1 N–H and O–H groups in total. The van der Waals surface area contributed by atoms with Crippen molar-refractivity contribution in [3.05, 3.63) is 66.6 Å². The summed E-state index contributed by atoms with van der Waals surface area (Å²) < 4.78 is 13.0. The topological polar surface area (TPSA) is 87.1 Å². The van der Waals surface area contributed by atoms with Crippen LogP contribution in [0.3, 0.4) is 0 Å². The van der Waals surface area contributed by atoms with E-state index in [4.69, 9.17) is 0 Å². The number of carbonyl (C=O) groups is 1. The summed E-state index contributed by atoms with van der Waals surface area (Å²) in [6, 6.07) is 9.28. The molecule has 0 bridgehead atoms. The van der Waals surface area contributed by atoms with Crippen molar-refractivity contribution < 1.29 is 9.18 Å². The van der Waals surface area contributed by atoms with E-state index in [-0.39, 0.29) is 11.7 Å². The van der Waals surface area contributed by atoms with Crippen molar-refractivity contribution in [1.29, 1.82) is 0 Å². The van der Waals surface area contributed by atoms with Gasteiger partial charge < -0.3 is 15.1 Å². The quantitative estimate of drug-likeness (QED) is 0.743. The van der Waals surface area contributed by atoms with Gasteiger partial charge in [-0.3, -0.25) is 4.79 Å². The molecule has 4 rings (SSSR count). The van der Waals surface area contributed by atoms with Crippen LogP contribution >= 0.6 is 0 Å². The molecule has 0 atom stereocenters. The fourth-order valence-corrected chi connectivity index (χ4v) is 2.95. The Kier molecular flexibility index (Phi) is 5.05. The highest BCUT2D eigenvalue weighted by Gasteiger charge is 2.24. The molecule has 1 amide bonds. The van der Waals surface area contributed by atoms with Crippen LogP contribution in [0.15, 0.2) is 55.1 Å². The molecule has 1 fully saturated rings. The van der Waals surface area contributed by atoms with E-state index >= 15 is 0 Å². The molecule has 9 heteroatoms. The Hall–Kier alpha value is -3.62. The van der Waals surface area contributed by atoms with Crippen LogP contribution in [-0.4, -0.2) is 56.9 Å².